The Bertz CT molecular complexity index is 775. The summed E-state index contributed by atoms with van der Waals surface area (Å²) in [4.78, 5) is 14.1. The average Bonchev–Trinajstić information content (AvgIpc) is 2.93. The average molecular weight is 446 g/mol. The van der Waals surface area contributed by atoms with E-state index in [0.29, 0.717) is 18.9 Å². The van der Waals surface area contributed by atoms with Crippen molar-refractivity contribution in [1.29, 1.82) is 0 Å². The van der Waals surface area contributed by atoms with Gasteiger partial charge in [-0.25, -0.2) is 13.2 Å². The van der Waals surface area contributed by atoms with Gasteiger partial charge in [0.15, 0.2) is 11.6 Å². The molecule has 2 bridgehead atoms. The highest BCUT2D eigenvalue weighted by atomic mass is 32.2. The van der Waals surface area contributed by atoms with Crippen LogP contribution in [-0.4, -0.2) is 44.8 Å². The first kappa shape index (κ1) is 23.4. The molecule has 1 amide bonds. The van der Waals surface area contributed by atoms with Crippen LogP contribution in [0.15, 0.2) is 12.1 Å². The molecule has 3 N–H and O–H groups in total. The summed E-state index contributed by atoms with van der Waals surface area (Å²) in [5, 5.41) is 0. The van der Waals surface area contributed by atoms with Crippen LogP contribution in [0, 0.1) is 23.4 Å². The topological polar surface area (TPSA) is 81.4 Å². The zero-order chi connectivity index (χ0) is 22.2. The van der Waals surface area contributed by atoms with Crippen LogP contribution in [0.3, 0.4) is 0 Å². The van der Waals surface area contributed by atoms with Gasteiger partial charge >= 0.3 is 0 Å². The predicted molar refractivity (Wildman–Crippen MR) is 110 cm³/mol. The number of nitrogens with zero attached hydrogens (tertiary/aromatic N) is 1. The number of halogens is 3. The number of nitrogens with two attached hydrogens (primary N) is 1. The summed E-state index contributed by atoms with van der Waals surface area (Å²) in [5.74, 6) is -3.21. The van der Waals surface area contributed by atoms with Gasteiger partial charge in [0.2, 0.25) is 5.91 Å². The molecule has 2 heterocycles. The highest BCUT2D eigenvalue weighted by molar-refractivity contribution is 7.90. The fourth-order valence-corrected chi connectivity index (χ4v) is 5.54. The number of carbonyl (C=O) groups excluding carboxylic acids is 1. The van der Waals surface area contributed by atoms with E-state index in [1.807, 2.05) is 25.7 Å². The molecule has 2 fully saturated rings. The van der Waals surface area contributed by atoms with Crippen LogP contribution < -0.4 is 10.5 Å². The van der Waals surface area contributed by atoms with Gasteiger partial charge in [-0.1, -0.05) is 0 Å². The van der Waals surface area contributed by atoms with Crippen LogP contribution in [-0.2, 0) is 22.6 Å². The molecule has 5 nitrogen and oxygen atoms in total. The van der Waals surface area contributed by atoms with Gasteiger partial charge in [0.25, 0.3) is 0 Å². The molecule has 0 aliphatic carbocycles. The van der Waals surface area contributed by atoms with E-state index in [2.05, 4.69) is 4.72 Å². The van der Waals surface area contributed by atoms with Crippen LogP contribution in [0.1, 0.15) is 52.0 Å². The molecule has 0 radical (unpaired) electrons. The highest BCUT2D eigenvalue weighted by Gasteiger charge is 2.46. The summed E-state index contributed by atoms with van der Waals surface area (Å²) in [6.07, 6.45) is 3.18. The summed E-state index contributed by atoms with van der Waals surface area (Å²) in [6.45, 7) is 5.46. The van der Waals surface area contributed by atoms with Crippen LogP contribution in [0.25, 0.3) is 0 Å². The lowest BCUT2D eigenvalue weighted by Gasteiger charge is -2.42. The molecule has 2 saturated heterocycles. The number of nitrogens with one attached hydrogen (secondary N) is 1. The smallest absolute Gasteiger partial charge is 0.236 e. The molecule has 5 atom stereocenters. The SMILES string of the molecule is CC(C)(C)[S+]([O-])N[C@@H](Cc1cc(F)c(F)cc1F)[C@@H]1C[C@H]2CC[C@@H](C1)N2C(=O)CN. The summed E-state index contributed by atoms with van der Waals surface area (Å²) in [5.41, 5.74) is 5.60. The summed E-state index contributed by atoms with van der Waals surface area (Å²) in [7, 11) is 0. The maximum atomic E-state index is 14.3. The summed E-state index contributed by atoms with van der Waals surface area (Å²) in [6, 6.07) is 1.12. The Kier molecular flexibility index (Phi) is 7.06. The largest absolute Gasteiger partial charge is 0.598 e. The van der Waals surface area contributed by atoms with Crippen molar-refractivity contribution in [2.24, 2.45) is 11.7 Å². The van der Waals surface area contributed by atoms with E-state index in [0.717, 1.165) is 18.9 Å². The first-order chi connectivity index (χ1) is 14.0. The molecule has 168 valence electrons. The standard InChI is InChI=1S/C21H30F3N3O2S/c1-21(2,3)30(29)26-19(9-12-8-17(23)18(24)10-16(12)22)13-6-14-4-5-15(7-13)27(14)20(28)11-25/h8,10,13-15,19,26H,4-7,9,11,25H2,1-3H3/t13-,14-,15+,19-,30?/m0/s1. The number of piperidine rings is 1. The van der Waals surface area contributed by atoms with Crippen molar-refractivity contribution in [2.45, 2.75) is 75.7 Å². The van der Waals surface area contributed by atoms with Crippen molar-refractivity contribution in [3.63, 3.8) is 0 Å². The molecule has 1 unspecified atom stereocenters. The Hall–Kier alpha value is -1.29. The van der Waals surface area contributed by atoms with Gasteiger partial charge in [0, 0.05) is 29.5 Å². The lowest BCUT2D eigenvalue weighted by molar-refractivity contribution is -0.135. The van der Waals surface area contributed by atoms with Gasteiger partial charge in [0.05, 0.1) is 12.6 Å². The molecule has 0 spiro atoms. The number of rotatable bonds is 6. The van der Waals surface area contributed by atoms with Gasteiger partial charge in [-0.2, -0.15) is 0 Å². The quantitative estimate of drug-likeness (QED) is 0.521. The van der Waals surface area contributed by atoms with Gasteiger partial charge in [-0.15, -0.1) is 4.72 Å². The van der Waals surface area contributed by atoms with Crippen LogP contribution in [0.5, 0.6) is 0 Å². The van der Waals surface area contributed by atoms with Crippen molar-refractivity contribution in [3.8, 4) is 0 Å². The predicted octanol–water partition coefficient (Wildman–Crippen LogP) is 2.80. The Morgan fingerprint density at radius 1 is 1.20 bits per heavy atom. The number of fused-ring (bicyclic) bond motifs is 2. The molecular formula is C21H30F3N3O2S. The van der Waals surface area contributed by atoms with E-state index >= 15 is 0 Å². The van der Waals surface area contributed by atoms with E-state index in [1.54, 1.807) is 0 Å². The number of benzene rings is 1. The lowest BCUT2D eigenvalue weighted by atomic mass is 9.82. The maximum Gasteiger partial charge on any atom is 0.236 e. The zero-order valence-corrected chi connectivity index (χ0v) is 18.4. The molecular weight excluding hydrogens is 415 g/mol. The van der Waals surface area contributed by atoms with Crippen LogP contribution >= 0.6 is 0 Å². The minimum absolute atomic E-state index is 0.0168. The molecule has 9 heteroatoms. The van der Waals surface area contributed by atoms with E-state index < -0.39 is 39.6 Å². The van der Waals surface area contributed by atoms with Crippen LogP contribution in [0.2, 0.25) is 0 Å². The highest BCUT2D eigenvalue weighted by Crippen LogP contribution is 2.41. The van der Waals surface area contributed by atoms with Crippen molar-refractivity contribution in [2.75, 3.05) is 6.54 Å². The van der Waals surface area contributed by atoms with E-state index in [9.17, 15) is 22.5 Å². The Morgan fingerprint density at radius 2 is 1.77 bits per heavy atom. The molecule has 1 aromatic rings. The summed E-state index contributed by atoms with van der Waals surface area (Å²) < 4.78 is 56.8. The lowest BCUT2D eigenvalue weighted by Crippen LogP contribution is -2.54. The molecule has 2 aliphatic heterocycles. The fraction of sp³-hybridized carbons (Fsp3) is 0.667. The fourth-order valence-electron chi connectivity index (χ4n) is 4.64. The molecule has 0 aromatic heterocycles. The number of hydrogen-bond acceptors (Lipinski definition) is 4. The second kappa shape index (κ2) is 9.06. The third kappa shape index (κ3) is 4.95. The summed E-state index contributed by atoms with van der Waals surface area (Å²) >= 11 is -1.42. The zero-order valence-electron chi connectivity index (χ0n) is 17.6. The molecule has 0 saturated carbocycles. The Morgan fingerprint density at radius 3 is 2.30 bits per heavy atom. The van der Waals surface area contributed by atoms with Gasteiger partial charge in [0.1, 0.15) is 10.6 Å². The number of carbonyl (C=O) groups is 1. The minimum atomic E-state index is -1.42. The van der Waals surface area contributed by atoms with Gasteiger partial charge in [-0.3, -0.25) is 4.79 Å². The Labute approximate surface area is 178 Å². The number of amides is 1. The van der Waals surface area contributed by atoms with Gasteiger partial charge < -0.3 is 15.2 Å². The molecule has 2 aliphatic rings. The van der Waals surface area contributed by atoms with E-state index in [1.165, 1.54) is 0 Å². The second-order valence-corrected chi connectivity index (χ2v) is 11.3. The first-order valence-electron chi connectivity index (χ1n) is 10.3. The van der Waals surface area contributed by atoms with Crippen molar-refractivity contribution < 1.29 is 22.5 Å². The third-order valence-corrected chi connectivity index (χ3v) is 7.77. The third-order valence-electron chi connectivity index (χ3n) is 6.14. The molecule has 1 aromatic carbocycles. The number of hydrogen-bond donors (Lipinski definition) is 2. The second-order valence-electron chi connectivity index (χ2n) is 9.29. The van der Waals surface area contributed by atoms with Gasteiger partial charge in [-0.05, 0) is 70.4 Å². The molecule has 3 rings (SSSR count). The monoisotopic (exact) mass is 445 g/mol. The maximum absolute atomic E-state index is 14.3. The Balaban J connectivity index is 1.84. The van der Waals surface area contributed by atoms with Crippen molar-refractivity contribution in [3.05, 3.63) is 35.1 Å². The van der Waals surface area contributed by atoms with Crippen molar-refractivity contribution in [1.82, 2.24) is 9.62 Å². The minimum Gasteiger partial charge on any atom is -0.598 e. The van der Waals surface area contributed by atoms with Crippen molar-refractivity contribution >= 4 is 17.3 Å². The first-order valence-corrected chi connectivity index (χ1v) is 11.5. The van der Waals surface area contributed by atoms with E-state index in [4.69, 9.17) is 5.73 Å². The van der Waals surface area contributed by atoms with E-state index in [-0.39, 0.29) is 42.4 Å². The molecule has 30 heavy (non-hydrogen) atoms. The van der Waals surface area contributed by atoms with Crippen LogP contribution in [0.4, 0.5) is 13.2 Å². The normalized spacial score (nSPS) is 26.0.